The number of hydrogen-bond donors (Lipinski definition) is 0. The minimum atomic E-state index is 1.12. The highest BCUT2D eigenvalue weighted by Gasteiger charge is 2.04. The second-order valence-electron chi connectivity index (χ2n) is 4.39. The van der Waals surface area contributed by atoms with Crippen molar-refractivity contribution in [1.82, 2.24) is 4.98 Å². The number of benzene rings is 1. The van der Waals surface area contributed by atoms with Crippen LogP contribution in [0, 0.1) is 0 Å². The fraction of sp³-hybridized carbons (Fsp3) is 0.400. The molecule has 0 radical (unpaired) electrons. The van der Waals surface area contributed by atoms with Crippen molar-refractivity contribution in [3.8, 4) is 0 Å². The van der Waals surface area contributed by atoms with E-state index in [9.17, 15) is 0 Å². The van der Waals surface area contributed by atoms with Crippen LogP contribution < -0.4 is 4.90 Å². The van der Waals surface area contributed by atoms with Crippen LogP contribution in [-0.4, -0.2) is 18.1 Å². The van der Waals surface area contributed by atoms with Crippen molar-refractivity contribution < 1.29 is 0 Å². The Morgan fingerprint density at radius 2 is 1.76 bits per heavy atom. The maximum absolute atomic E-state index is 4.19. The van der Waals surface area contributed by atoms with Gasteiger partial charge in [-0.05, 0) is 36.4 Å². The van der Waals surface area contributed by atoms with Gasteiger partial charge in [-0.3, -0.25) is 4.98 Å². The quantitative estimate of drug-likeness (QED) is 0.772. The van der Waals surface area contributed by atoms with E-state index in [2.05, 4.69) is 48.0 Å². The van der Waals surface area contributed by atoms with Crippen LogP contribution in [0.3, 0.4) is 0 Å². The predicted octanol–water partition coefficient (Wildman–Crippen LogP) is 3.86. The van der Waals surface area contributed by atoms with Gasteiger partial charge in [-0.2, -0.15) is 0 Å². The van der Waals surface area contributed by atoms with Gasteiger partial charge in [-0.1, -0.05) is 19.9 Å². The van der Waals surface area contributed by atoms with E-state index in [0.717, 1.165) is 13.1 Å². The van der Waals surface area contributed by atoms with Crippen molar-refractivity contribution >= 4 is 16.5 Å². The maximum atomic E-state index is 4.19. The topological polar surface area (TPSA) is 16.1 Å². The lowest BCUT2D eigenvalue weighted by molar-refractivity contribution is 0.745. The van der Waals surface area contributed by atoms with Crippen molar-refractivity contribution in [2.24, 2.45) is 0 Å². The first-order valence-electron chi connectivity index (χ1n) is 6.44. The molecule has 90 valence electrons. The zero-order chi connectivity index (χ0) is 12.1. The zero-order valence-electron chi connectivity index (χ0n) is 10.7. The Balaban J connectivity index is 2.32. The number of rotatable bonds is 5. The van der Waals surface area contributed by atoms with Gasteiger partial charge < -0.3 is 4.90 Å². The number of anilines is 1. The average molecular weight is 228 g/mol. The highest BCUT2D eigenvalue weighted by Crippen LogP contribution is 2.21. The Hall–Kier alpha value is -1.57. The molecule has 1 aromatic carbocycles. The van der Waals surface area contributed by atoms with Gasteiger partial charge in [0.1, 0.15) is 0 Å². The van der Waals surface area contributed by atoms with Crippen LogP contribution in [0.4, 0.5) is 5.69 Å². The SMILES string of the molecule is CCCN(CCC)c1ccc2ccncc2c1. The van der Waals surface area contributed by atoms with E-state index in [1.54, 1.807) is 0 Å². The van der Waals surface area contributed by atoms with Gasteiger partial charge in [-0.25, -0.2) is 0 Å². The molecule has 0 amide bonds. The summed E-state index contributed by atoms with van der Waals surface area (Å²) in [5, 5.41) is 2.49. The molecule has 0 aliphatic heterocycles. The lowest BCUT2D eigenvalue weighted by atomic mass is 10.1. The van der Waals surface area contributed by atoms with Crippen LogP contribution in [0.5, 0.6) is 0 Å². The molecule has 0 bridgehead atoms. The van der Waals surface area contributed by atoms with Gasteiger partial charge >= 0.3 is 0 Å². The zero-order valence-corrected chi connectivity index (χ0v) is 10.7. The van der Waals surface area contributed by atoms with E-state index in [4.69, 9.17) is 0 Å². The molecule has 2 rings (SSSR count). The number of pyridine rings is 1. The molecule has 0 N–H and O–H groups in total. The van der Waals surface area contributed by atoms with Crippen LogP contribution in [-0.2, 0) is 0 Å². The summed E-state index contributed by atoms with van der Waals surface area (Å²) in [7, 11) is 0. The second-order valence-corrected chi connectivity index (χ2v) is 4.39. The predicted molar refractivity (Wildman–Crippen MR) is 74.5 cm³/mol. The molecule has 17 heavy (non-hydrogen) atoms. The summed E-state index contributed by atoms with van der Waals surface area (Å²) < 4.78 is 0. The van der Waals surface area contributed by atoms with Crippen LogP contribution in [0.15, 0.2) is 36.7 Å². The van der Waals surface area contributed by atoms with E-state index in [1.807, 2.05) is 12.4 Å². The highest BCUT2D eigenvalue weighted by molar-refractivity contribution is 5.84. The Morgan fingerprint density at radius 1 is 1.00 bits per heavy atom. The standard InChI is InChI=1S/C15H20N2/c1-3-9-17(10-4-2)15-6-5-13-7-8-16-12-14(13)11-15/h5-8,11-12H,3-4,9-10H2,1-2H3. The molecule has 0 aliphatic rings. The monoisotopic (exact) mass is 228 g/mol. The van der Waals surface area contributed by atoms with Gasteiger partial charge in [0.05, 0.1) is 0 Å². The van der Waals surface area contributed by atoms with E-state index < -0.39 is 0 Å². The van der Waals surface area contributed by atoms with Crippen LogP contribution >= 0.6 is 0 Å². The highest BCUT2D eigenvalue weighted by atomic mass is 15.1. The Kier molecular flexibility index (Phi) is 3.97. The lowest BCUT2D eigenvalue weighted by Gasteiger charge is -2.24. The number of aromatic nitrogens is 1. The van der Waals surface area contributed by atoms with Gasteiger partial charge in [0, 0.05) is 36.6 Å². The Morgan fingerprint density at radius 3 is 2.47 bits per heavy atom. The summed E-state index contributed by atoms with van der Waals surface area (Å²) in [5.74, 6) is 0. The molecule has 0 atom stereocenters. The molecular weight excluding hydrogens is 208 g/mol. The molecule has 0 saturated heterocycles. The molecule has 2 nitrogen and oxygen atoms in total. The lowest BCUT2D eigenvalue weighted by Crippen LogP contribution is -2.24. The van der Waals surface area contributed by atoms with E-state index in [1.165, 1.54) is 29.3 Å². The molecule has 0 spiro atoms. The van der Waals surface area contributed by atoms with Crippen molar-refractivity contribution in [2.45, 2.75) is 26.7 Å². The molecule has 2 heteroatoms. The largest absolute Gasteiger partial charge is 0.372 e. The second kappa shape index (κ2) is 5.67. The smallest absolute Gasteiger partial charge is 0.0373 e. The maximum Gasteiger partial charge on any atom is 0.0373 e. The fourth-order valence-electron chi connectivity index (χ4n) is 2.18. The summed E-state index contributed by atoms with van der Waals surface area (Å²) in [6, 6.07) is 8.70. The first-order valence-corrected chi connectivity index (χ1v) is 6.44. The molecule has 0 unspecified atom stereocenters. The fourth-order valence-corrected chi connectivity index (χ4v) is 2.18. The first kappa shape index (κ1) is 11.9. The van der Waals surface area contributed by atoms with Crippen molar-refractivity contribution in [1.29, 1.82) is 0 Å². The molecule has 0 aliphatic carbocycles. The van der Waals surface area contributed by atoms with Crippen molar-refractivity contribution in [2.75, 3.05) is 18.0 Å². The van der Waals surface area contributed by atoms with Crippen molar-refractivity contribution in [3.63, 3.8) is 0 Å². The molecule has 2 aromatic rings. The third-order valence-corrected chi connectivity index (χ3v) is 2.98. The molecule has 0 saturated carbocycles. The van der Waals surface area contributed by atoms with Crippen LogP contribution in [0.25, 0.3) is 10.8 Å². The molecule has 1 heterocycles. The minimum absolute atomic E-state index is 1.12. The van der Waals surface area contributed by atoms with Gasteiger partial charge in [0.25, 0.3) is 0 Å². The summed E-state index contributed by atoms with van der Waals surface area (Å²) in [5.41, 5.74) is 1.31. The summed E-state index contributed by atoms with van der Waals surface area (Å²) in [6.07, 6.45) is 6.16. The van der Waals surface area contributed by atoms with Crippen LogP contribution in [0.2, 0.25) is 0 Å². The summed E-state index contributed by atoms with van der Waals surface area (Å²) >= 11 is 0. The Labute approximate surface area is 103 Å². The summed E-state index contributed by atoms with van der Waals surface area (Å²) in [6.45, 7) is 6.70. The Bertz CT molecular complexity index is 473. The van der Waals surface area contributed by atoms with Gasteiger partial charge in [0.2, 0.25) is 0 Å². The third kappa shape index (κ3) is 2.76. The number of fused-ring (bicyclic) bond motifs is 1. The molecule has 0 fully saturated rings. The minimum Gasteiger partial charge on any atom is -0.372 e. The molecule has 1 aromatic heterocycles. The van der Waals surface area contributed by atoms with E-state index >= 15 is 0 Å². The number of hydrogen-bond acceptors (Lipinski definition) is 2. The van der Waals surface area contributed by atoms with E-state index in [-0.39, 0.29) is 0 Å². The van der Waals surface area contributed by atoms with E-state index in [0.29, 0.717) is 0 Å². The van der Waals surface area contributed by atoms with Gasteiger partial charge in [0.15, 0.2) is 0 Å². The third-order valence-electron chi connectivity index (χ3n) is 2.98. The normalized spacial score (nSPS) is 10.7. The van der Waals surface area contributed by atoms with Crippen LogP contribution in [0.1, 0.15) is 26.7 Å². The first-order chi connectivity index (χ1) is 8.35. The average Bonchev–Trinajstić information content (AvgIpc) is 2.38. The van der Waals surface area contributed by atoms with Crippen molar-refractivity contribution in [3.05, 3.63) is 36.7 Å². The summed E-state index contributed by atoms with van der Waals surface area (Å²) in [4.78, 5) is 6.64. The molecular formula is C15H20N2. The van der Waals surface area contributed by atoms with Gasteiger partial charge in [-0.15, -0.1) is 0 Å². The number of nitrogens with zero attached hydrogens (tertiary/aromatic N) is 2.